The van der Waals surface area contributed by atoms with Gasteiger partial charge in [0.25, 0.3) is 5.91 Å². The Kier molecular flexibility index (Phi) is 4.81. The number of hydrogen-bond donors (Lipinski definition) is 2. The van der Waals surface area contributed by atoms with Gasteiger partial charge in [-0.15, -0.1) is 0 Å². The molecule has 1 amide bonds. The quantitative estimate of drug-likeness (QED) is 0.729. The minimum absolute atomic E-state index is 0.0415. The van der Waals surface area contributed by atoms with Gasteiger partial charge in [-0.25, -0.2) is 4.39 Å². The van der Waals surface area contributed by atoms with E-state index in [2.05, 4.69) is 10.3 Å². The Hall–Kier alpha value is -3.06. The van der Waals surface area contributed by atoms with Crippen LogP contribution in [0.25, 0.3) is 10.9 Å². The van der Waals surface area contributed by atoms with Gasteiger partial charge in [-0.1, -0.05) is 17.7 Å². The van der Waals surface area contributed by atoms with E-state index in [1.807, 2.05) is 0 Å². The summed E-state index contributed by atoms with van der Waals surface area (Å²) in [6.07, 6.45) is 1.17. The summed E-state index contributed by atoms with van der Waals surface area (Å²) in [5.74, 6) is -0.625. The summed E-state index contributed by atoms with van der Waals surface area (Å²) in [5.41, 5.74) is -0.438. The summed E-state index contributed by atoms with van der Waals surface area (Å²) >= 11 is 6.03. The van der Waals surface area contributed by atoms with E-state index in [9.17, 15) is 14.0 Å². The molecule has 0 saturated carbocycles. The topological polar surface area (TPSA) is 80.4 Å². The molecule has 3 aromatic rings. The molecule has 0 fully saturated rings. The molecular formula is C18H14ClFN2O4. The average Bonchev–Trinajstić information content (AvgIpc) is 2.63. The number of nitrogens with one attached hydrogen (secondary N) is 2. The Labute approximate surface area is 152 Å². The molecule has 0 radical (unpaired) electrons. The lowest BCUT2D eigenvalue weighted by atomic mass is 10.1. The number of fused-ring (bicyclic) bond motifs is 1. The monoisotopic (exact) mass is 376 g/mol. The number of aromatic amines is 1. The molecule has 0 aliphatic carbocycles. The average molecular weight is 377 g/mol. The smallest absolute Gasteiger partial charge is 0.261 e. The Morgan fingerprint density at radius 2 is 1.92 bits per heavy atom. The third-order valence-electron chi connectivity index (χ3n) is 3.83. The molecule has 0 aliphatic heterocycles. The van der Waals surface area contributed by atoms with Crippen molar-refractivity contribution in [2.45, 2.75) is 0 Å². The summed E-state index contributed by atoms with van der Waals surface area (Å²) in [4.78, 5) is 27.7. The summed E-state index contributed by atoms with van der Waals surface area (Å²) < 4.78 is 24.1. The summed E-state index contributed by atoms with van der Waals surface area (Å²) in [6, 6.07) is 7.04. The maximum atomic E-state index is 13.8. The minimum Gasteiger partial charge on any atom is -0.495 e. The van der Waals surface area contributed by atoms with E-state index >= 15 is 0 Å². The number of methoxy groups -OCH3 is 2. The Balaban J connectivity index is 2.03. The fourth-order valence-corrected chi connectivity index (χ4v) is 2.76. The highest BCUT2D eigenvalue weighted by molar-refractivity contribution is 6.32. The molecule has 0 saturated heterocycles. The number of benzene rings is 2. The number of carbonyl (C=O) groups excluding carboxylic acids is 1. The van der Waals surface area contributed by atoms with Gasteiger partial charge in [0.2, 0.25) is 5.43 Å². The zero-order chi connectivity index (χ0) is 18.8. The van der Waals surface area contributed by atoms with Crippen LogP contribution in [0, 0.1) is 5.82 Å². The first kappa shape index (κ1) is 17.8. The van der Waals surface area contributed by atoms with E-state index in [0.717, 1.165) is 0 Å². The van der Waals surface area contributed by atoms with Gasteiger partial charge in [0.15, 0.2) is 0 Å². The molecule has 1 aromatic heterocycles. The Morgan fingerprint density at radius 1 is 1.19 bits per heavy atom. The second-order valence-electron chi connectivity index (χ2n) is 5.34. The van der Waals surface area contributed by atoms with E-state index in [4.69, 9.17) is 21.1 Å². The number of aromatic nitrogens is 1. The third-order valence-corrected chi connectivity index (χ3v) is 4.13. The molecular weight excluding hydrogens is 363 g/mol. The Morgan fingerprint density at radius 3 is 2.62 bits per heavy atom. The normalized spacial score (nSPS) is 10.6. The molecule has 0 atom stereocenters. The molecule has 0 bridgehead atoms. The lowest BCUT2D eigenvalue weighted by Gasteiger charge is -2.13. The molecule has 0 aliphatic rings. The van der Waals surface area contributed by atoms with E-state index in [-0.39, 0.29) is 22.2 Å². The molecule has 26 heavy (non-hydrogen) atoms. The van der Waals surface area contributed by atoms with Gasteiger partial charge >= 0.3 is 0 Å². The second-order valence-corrected chi connectivity index (χ2v) is 5.74. The maximum absolute atomic E-state index is 13.8. The second kappa shape index (κ2) is 7.05. The van der Waals surface area contributed by atoms with Gasteiger partial charge in [-0.2, -0.15) is 0 Å². The summed E-state index contributed by atoms with van der Waals surface area (Å²) in [7, 11) is 2.85. The van der Waals surface area contributed by atoms with Crippen molar-refractivity contribution in [2.24, 2.45) is 0 Å². The summed E-state index contributed by atoms with van der Waals surface area (Å²) in [5, 5.41) is 2.97. The van der Waals surface area contributed by atoms with Crippen LogP contribution in [0.15, 0.2) is 41.3 Å². The van der Waals surface area contributed by atoms with Crippen molar-refractivity contribution >= 4 is 34.1 Å². The van der Waals surface area contributed by atoms with Crippen molar-refractivity contribution in [3.63, 3.8) is 0 Å². The van der Waals surface area contributed by atoms with E-state index < -0.39 is 17.2 Å². The number of pyridine rings is 1. The van der Waals surface area contributed by atoms with Crippen molar-refractivity contribution in [1.29, 1.82) is 0 Å². The van der Waals surface area contributed by atoms with Gasteiger partial charge in [0.1, 0.15) is 22.9 Å². The van der Waals surface area contributed by atoms with Crippen molar-refractivity contribution in [1.82, 2.24) is 4.98 Å². The van der Waals surface area contributed by atoms with Crippen LogP contribution < -0.4 is 20.2 Å². The van der Waals surface area contributed by atoms with Crippen LogP contribution in [0.4, 0.5) is 10.1 Å². The number of ether oxygens (including phenoxy) is 2. The Bertz CT molecular complexity index is 1060. The van der Waals surface area contributed by atoms with Crippen molar-refractivity contribution < 1.29 is 18.7 Å². The zero-order valence-corrected chi connectivity index (χ0v) is 14.6. The van der Waals surface area contributed by atoms with Crippen LogP contribution in [0.2, 0.25) is 5.02 Å². The number of halogens is 2. The van der Waals surface area contributed by atoms with Crippen molar-refractivity contribution in [3.05, 3.63) is 63.2 Å². The largest absolute Gasteiger partial charge is 0.495 e. The lowest BCUT2D eigenvalue weighted by Crippen LogP contribution is -2.22. The fraction of sp³-hybridized carbons (Fsp3) is 0.111. The van der Waals surface area contributed by atoms with Crippen molar-refractivity contribution in [3.8, 4) is 11.5 Å². The van der Waals surface area contributed by atoms with Gasteiger partial charge in [0, 0.05) is 23.7 Å². The standard InChI is InChI=1S/C18H14ClFN2O4/c1-25-14-7-13(15(26-2)6-11(14)19)22-18(24)10-8-21-16-9(17(10)23)4-3-5-12(16)20/h3-8H,1-2H3,(H,21,23)(H,22,24). The van der Waals surface area contributed by atoms with Crippen molar-refractivity contribution in [2.75, 3.05) is 19.5 Å². The molecule has 6 nitrogen and oxygen atoms in total. The predicted molar refractivity (Wildman–Crippen MR) is 97.0 cm³/mol. The predicted octanol–water partition coefficient (Wildman–Crippen LogP) is 3.59. The number of para-hydroxylation sites is 1. The van der Waals surface area contributed by atoms with Crippen LogP contribution in [-0.4, -0.2) is 25.1 Å². The molecule has 8 heteroatoms. The van der Waals surface area contributed by atoms with Gasteiger partial charge in [-0.3, -0.25) is 9.59 Å². The molecule has 3 rings (SSSR count). The van der Waals surface area contributed by atoms with E-state index in [0.29, 0.717) is 16.5 Å². The fourth-order valence-electron chi connectivity index (χ4n) is 2.53. The van der Waals surface area contributed by atoms with Crippen LogP contribution in [0.1, 0.15) is 10.4 Å². The SMILES string of the molecule is COc1cc(NC(=O)c2c[nH]c3c(F)cccc3c2=O)c(OC)cc1Cl. The minimum atomic E-state index is -0.680. The first-order valence-electron chi connectivity index (χ1n) is 7.49. The number of hydrogen-bond acceptors (Lipinski definition) is 4. The number of rotatable bonds is 4. The lowest BCUT2D eigenvalue weighted by molar-refractivity contribution is 0.102. The number of anilines is 1. The highest BCUT2D eigenvalue weighted by Gasteiger charge is 2.17. The van der Waals surface area contributed by atoms with Gasteiger partial charge < -0.3 is 19.8 Å². The zero-order valence-electron chi connectivity index (χ0n) is 13.9. The van der Waals surface area contributed by atoms with E-state index in [1.54, 1.807) is 0 Å². The molecule has 1 heterocycles. The van der Waals surface area contributed by atoms with Crippen LogP contribution in [0.3, 0.4) is 0 Å². The van der Waals surface area contributed by atoms with E-state index in [1.165, 1.54) is 50.7 Å². The van der Waals surface area contributed by atoms with Gasteiger partial charge in [0.05, 0.1) is 30.4 Å². The highest BCUT2D eigenvalue weighted by Crippen LogP contribution is 2.36. The molecule has 0 spiro atoms. The molecule has 134 valence electrons. The first-order valence-corrected chi connectivity index (χ1v) is 7.86. The number of amides is 1. The van der Waals surface area contributed by atoms with Crippen LogP contribution in [-0.2, 0) is 0 Å². The van der Waals surface area contributed by atoms with Crippen LogP contribution in [0.5, 0.6) is 11.5 Å². The molecule has 0 unspecified atom stereocenters. The molecule has 2 N–H and O–H groups in total. The molecule has 2 aromatic carbocycles. The summed E-state index contributed by atoms with van der Waals surface area (Å²) in [6.45, 7) is 0. The highest BCUT2D eigenvalue weighted by atomic mass is 35.5. The number of carbonyl (C=O) groups is 1. The first-order chi connectivity index (χ1) is 12.5. The maximum Gasteiger partial charge on any atom is 0.261 e. The number of H-pyrrole nitrogens is 1. The van der Waals surface area contributed by atoms with Crippen LogP contribution >= 0.6 is 11.6 Å². The third kappa shape index (κ3) is 3.09. The van der Waals surface area contributed by atoms with Gasteiger partial charge in [-0.05, 0) is 12.1 Å².